The zero-order valence-corrected chi connectivity index (χ0v) is 9.95. The van der Waals surface area contributed by atoms with Crippen molar-refractivity contribution in [1.29, 1.82) is 0 Å². The smallest absolute Gasteiger partial charge is 1.00 e. The fourth-order valence-electron chi connectivity index (χ4n) is 0. The molecule has 0 rings (SSSR count). The molecule has 0 bridgehead atoms. The maximum Gasteiger partial charge on any atom is 2.00 e. The SMILES string of the molecule is O.[Ba+2].[Eu].[H-].[H-].[Si]. The zero-order chi connectivity index (χ0) is 0. The van der Waals surface area contributed by atoms with Gasteiger partial charge in [0.2, 0.25) is 0 Å². The van der Waals surface area contributed by atoms with Crippen molar-refractivity contribution in [3.05, 3.63) is 0 Å². The van der Waals surface area contributed by atoms with Gasteiger partial charge in [0.15, 0.2) is 0 Å². The van der Waals surface area contributed by atoms with E-state index in [1.165, 1.54) is 0 Å². The summed E-state index contributed by atoms with van der Waals surface area (Å²) in [5, 5.41) is 0. The molecule has 5 radical (unpaired) electrons. The van der Waals surface area contributed by atoms with Crippen molar-refractivity contribution in [3.8, 4) is 0 Å². The maximum atomic E-state index is 0. The molecule has 0 saturated heterocycles. The van der Waals surface area contributed by atoms with Crippen LogP contribution < -0.4 is 0 Å². The minimum absolute atomic E-state index is 0. The largest absolute Gasteiger partial charge is 2.00 e. The minimum atomic E-state index is 0. The Kier molecular flexibility index (Phi) is 107. The van der Waals surface area contributed by atoms with E-state index >= 15 is 0 Å². The van der Waals surface area contributed by atoms with Crippen molar-refractivity contribution in [3.63, 3.8) is 0 Å². The number of hydrogen-bond donors (Lipinski definition) is 0. The molecule has 0 fully saturated rings. The summed E-state index contributed by atoms with van der Waals surface area (Å²) < 4.78 is 0. The van der Waals surface area contributed by atoms with Crippen molar-refractivity contribution in [2.24, 2.45) is 0 Å². The molecule has 0 saturated carbocycles. The average molecular weight is 337 g/mol. The van der Waals surface area contributed by atoms with Crippen LogP contribution in [0.5, 0.6) is 0 Å². The summed E-state index contributed by atoms with van der Waals surface area (Å²) in [6.45, 7) is 0. The Bertz CT molecular complexity index is 13.5. The van der Waals surface area contributed by atoms with Gasteiger partial charge in [-0.1, -0.05) is 0 Å². The number of hydrogen-bond acceptors (Lipinski definition) is 0. The molecule has 0 aliphatic heterocycles. The van der Waals surface area contributed by atoms with E-state index in [1.54, 1.807) is 0 Å². The van der Waals surface area contributed by atoms with Crippen LogP contribution in [0.3, 0.4) is 0 Å². The molecule has 1 nitrogen and oxygen atoms in total. The zero-order valence-electron chi connectivity index (χ0n) is 4.09. The Labute approximate surface area is 114 Å². The van der Waals surface area contributed by atoms with Crippen LogP contribution in [0.1, 0.15) is 2.85 Å². The summed E-state index contributed by atoms with van der Waals surface area (Å²) in [6.07, 6.45) is 0. The van der Waals surface area contributed by atoms with Gasteiger partial charge in [-0.05, 0) is 0 Å². The van der Waals surface area contributed by atoms with Crippen LogP contribution in [-0.2, 0) is 0 Å². The van der Waals surface area contributed by atoms with E-state index in [1.807, 2.05) is 0 Å². The molecule has 4 heteroatoms. The van der Waals surface area contributed by atoms with E-state index in [2.05, 4.69) is 0 Å². The quantitative estimate of drug-likeness (QED) is 0.489. The molecule has 2 N–H and O–H groups in total. The van der Waals surface area contributed by atoms with Crippen LogP contribution in [0.2, 0.25) is 0 Å². The molecule has 0 aliphatic carbocycles. The van der Waals surface area contributed by atoms with E-state index in [4.69, 9.17) is 0 Å². The summed E-state index contributed by atoms with van der Waals surface area (Å²) in [4.78, 5) is 0. The molecule has 0 atom stereocenters. The Hall–Kier alpha value is 3.33. The third-order valence-electron chi connectivity index (χ3n) is 0. The Morgan fingerprint density at radius 2 is 1.25 bits per heavy atom. The van der Waals surface area contributed by atoms with E-state index in [9.17, 15) is 0 Å². The van der Waals surface area contributed by atoms with Crippen molar-refractivity contribution >= 4 is 59.8 Å². The Morgan fingerprint density at radius 3 is 1.25 bits per heavy atom. The molecule has 23 valence electrons. The second kappa shape index (κ2) is 16.2. The molecule has 0 heterocycles. The second-order valence-electron chi connectivity index (χ2n) is 0. The summed E-state index contributed by atoms with van der Waals surface area (Å²) >= 11 is 0. The van der Waals surface area contributed by atoms with Gasteiger partial charge >= 0.3 is 48.9 Å². The van der Waals surface area contributed by atoms with Gasteiger partial charge in [0.25, 0.3) is 0 Å². The summed E-state index contributed by atoms with van der Waals surface area (Å²) in [5.74, 6) is 0. The van der Waals surface area contributed by atoms with E-state index in [-0.39, 0.29) is 118 Å². The molecule has 0 aliphatic rings. The standard InChI is InChI=1S/Ba.Eu.H2O.Si.2H/h;;1H2;;;/q+2;;;;2*-1. The molecule has 4 heavy (non-hydrogen) atoms. The van der Waals surface area contributed by atoms with Gasteiger partial charge in [-0.2, -0.15) is 0 Å². The second-order valence-corrected chi connectivity index (χ2v) is 0. The third-order valence-corrected chi connectivity index (χ3v) is 0. The third kappa shape index (κ3) is 9.01. The van der Waals surface area contributed by atoms with Crippen LogP contribution in [0, 0.1) is 49.4 Å². The molecule has 0 aromatic rings. The maximum absolute atomic E-state index is 0. The first-order valence-electron chi connectivity index (χ1n) is 0. The van der Waals surface area contributed by atoms with Crippen LogP contribution in [0.25, 0.3) is 0 Å². The molecule has 0 amide bonds. The fourth-order valence-corrected chi connectivity index (χ4v) is 0. The molecule has 0 spiro atoms. The van der Waals surface area contributed by atoms with Crippen LogP contribution in [-0.4, -0.2) is 65.3 Å². The van der Waals surface area contributed by atoms with Crippen LogP contribution in [0.4, 0.5) is 0 Å². The topological polar surface area (TPSA) is 31.5 Å². The predicted molar refractivity (Wildman–Crippen MR) is 17.3 cm³/mol. The fraction of sp³-hybridized carbons (Fsp3) is 0. The molecular formula is H4BaEuOSi. The Balaban J connectivity index is 0. The van der Waals surface area contributed by atoms with Gasteiger partial charge in [-0.25, -0.2) is 0 Å². The molecular weight excluding hydrogens is 333 g/mol. The number of rotatable bonds is 0. The van der Waals surface area contributed by atoms with Gasteiger partial charge in [-0.15, -0.1) is 0 Å². The van der Waals surface area contributed by atoms with E-state index in [0.717, 1.165) is 0 Å². The predicted octanol–water partition coefficient (Wildman–Crippen LogP) is -1.36. The summed E-state index contributed by atoms with van der Waals surface area (Å²) in [5.41, 5.74) is 0. The van der Waals surface area contributed by atoms with Crippen molar-refractivity contribution in [2.45, 2.75) is 0 Å². The van der Waals surface area contributed by atoms with Gasteiger partial charge in [0.1, 0.15) is 0 Å². The first kappa shape index (κ1) is 26.5. The molecule has 0 aromatic heterocycles. The first-order chi connectivity index (χ1) is 0. The minimum Gasteiger partial charge on any atom is -1.00 e. The summed E-state index contributed by atoms with van der Waals surface area (Å²) in [6, 6.07) is 0. The van der Waals surface area contributed by atoms with E-state index < -0.39 is 0 Å². The first-order valence-corrected chi connectivity index (χ1v) is 0. The molecule has 0 aromatic carbocycles. The van der Waals surface area contributed by atoms with Gasteiger partial charge in [0.05, 0.1) is 0 Å². The Morgan fingerprint density at radius 1 is 1.25 bits per heavy atom. The normalized spacial score (nSPS) is 0. The summed E-state index contributed by atoms with van der Waals surface area (Å²) in [7, 11) is 0. The monoisotopic (exact) mass is 339 g/mol. The average Bonchev–Trinajstić information content (AvgIpc) is 0. The molecule has 0 unspecified atom stereocenters. The van der Waals surface area contributed by atoms with E-state index in [0.29, 0.717) is 0 Å². The van der Waals surface area contributed by atoms with Crippen molar-refractivity contribution < 1.29 is 57.7 Å². The van der Waals surface area contributed by atoms with Crippen molar-refractivity contribution in [1.82, 2.24) is 0 Å². The van der Waals surface area contributed by atoms with Gasteiger partial charge in [0, 0.05) is 60.3 Å². The van der Waals surface area contributed by atoms with Crippen LogP contribution in [0.15, 0.2) is 0 Å². The van der Waals surface area contributed by atoms with Crippen molar-refractivity contribution in [2.75, 3.05) is 0 Å². The van der Waals surface area contributed by atoms with Gasteiger partial charge < -0.3 is 8.33 Å². The van der Waals surface area contributed by atoms with Crippen LogP contribution >= 0.6 is 0 Å². The van der Waals surface area contributed by atoms with Gasteiger partial charge in [-0.3, -0.25) is 0 Å².